The van der Waals surface area contributed by atoms with E-state index in [1.807, 2.05) is 19.1 Å². The molecule has 0 saturated heterocycles. The fourth-order valence-electron chi connectivity index (χ4n) is 2.18. The van der Waals surface area contributed by atoms with E-state index in [1.165, 1.54) is 12.1 Å². The lowest BCUT2D eigenvalue weighted by Crippen LogP contribution is -2.03. The van der Waals surface area contributed by atoms with E-state index in [9.17, 15) is 13.2 Å². The number of methoxy groups -OCH3 is 2. The molecular weight excluding hydrogens is 305 g/mol. The van der Waals surface area contributed by atoms with Gasteiger partial charge in [0, 0.05) is 5.56 Å². The van der Waals surface area contributed by atoms with Gasteiger partial charge < -0.3 is 9.47 Å². The van der Waals surface area contributed by atoms with E-state index in [2.05, 4.69) is 0 Å². The molecule has 0 spiro atoms. The van der Waals surface area contributed by atoms with Crippen LogP contribution >= 0.6 is 0 Å². The first-order chi connectivity index (χ1) is 10.8. The molecule has 0 fully saturated rings. The Balaban J connectivity index is 2.26. The summed E-state index contributed by atoms with van der Waals surface area (Å²) in [6.45, 7) is 1.89. The Hall–Kier alpha value is -2.43. The van der Waals surface area contributed by atoms with Crippen molar-refractivity contribution >= 4 is 12.2 Å². The van der Waals surface area contributed by atoms with Gasteiger partial charge in [0.1, 0.15) is 11.5 Å². The van der Waals surface area contributed by atoms with Crippen LogP contribution in [0.5, 0.6) is 11.5 Å². The van der Waals surface area contributed by atoms with Crippen LogP contribution in [0.1, 0.15) is 22.3 Å². The highest BCUT2D eigenvalue weighted by Gasteiger charge is 2.29. The number of rotatable bonds is 4. The SMILES string of the molecule is COc1cc(/C=C\c2ccc(C(F)(F)F)cc2)cc(OC)c1C. The van der Waals surface area contributed by atoms with Crippen LogP contribution in [-0.4, -0.2) is 14.2 Å². The van der Waals surface area contributed by atoms with Crippen LogP contribution in [0.15, 0.2) is 36.4 Å². The minimum Gasteiger partial charge on any atom is -0.496 e. The van der Waals surface area contributed by atoms with Crippen LogP contribution in [0.4, 0.5) is 13.2 Å². The van der Waals surface area contributed by atoms with E-state index in [4.69, 9.17) is 9.47 Å². The summed E-state index contributed by atoms with van der Waals surface area (Å²) < 4.78 is 48.2. The van der Waals surface area contributed by atoms with Gasteiger partial charge in [-0.1, -0.05) is 24.3 Å². The zero-order valence-corrected chi connectivity index (χ0v) is 13.1. The lowest BCUT2D eigenvalue weighted by molar-refractivity contribution is -0.137. The van der Waals surface area contributed by atoms with Gasteiger partial charge in [0.25, 0.3) is 0 Å². The van der Waals surface area contributed by atoms with E-state index >= 15 is 0 Å². The average molecular weight is 322 g/mol. The number of alkyl halides is 3. The van der Waals surface area contributed by atoms with Crippen molar-refractivity contribution in [2.24, 2.45) is 0 Å². The molecule has 0 aromatic heterocycles. The Labute approximate surface area is 133 Å². The zero-order valence-electron chi connectivity index (χ0n) is 13.1. The van der Waals surface area contributed by atoms with Gasteiger partial charge in [-0.15, -0.1) is 0 Å². The molecule has 0 aliphatic heterocycles. The highest BCUT2D eigenvalue weighted by Crippen LogP contribution is 2.31. The van der Waals surface area contributed by atoms with E-state index in [1.54, 1.807) is 26.4 Å². The van der Waals surface area contributed by atoms with E-state index in [0.29, 0.717) is 17.1 Å². The second-order valence-electron chi connectivity index (χ2n) is 5.00. The Morgan fingerprint density at radius 2 is 1.30 bits per heavy atom. The van der Waals surface area contributed by atoms with Crippen molar-refractivity contribution in [2.75, 3.05) is 14.2 Å². The van der Waals surface area contributed by atoms with Gasteiger partial charge in [-0.25, -0.2) is 0 Å². The summed E-state index contributed by atoms with van der Waals surface area (Å²) in [6.07, 6.45) is -0.781. The lowest BCUT2D eigenvalue weighted by Gasteiger charge is -2.11. The van der Waals surface area contributed by atoms with Crippen LogP contribution in [0.2, 0.25) is 0 Å². The van der Waals surface area contributed by atoms with Crippen molar-refractivity contribution in [3.8, 4) is 11.5 Å². The quantitative estimate of drug-likeness (QED) is 0.720. The smallest absolute Gasteiger partial charge is 0.416 e. The molecule has 0 radical (unpaired) electrons. The summed E-state index contributed by atoms with van der Waals surface area (Å²) in [7, 11) is 3.15. The molecule has 2 rings (SSSR count). The van der Waals surface area contributed by atoms with Crippen molar-refractivity contribution < 1.29 is 22.6 Å². The molecule has 0 atom stereocenters. The molecule has 23 heavy (non-hydrogen) atoms. The van der Waals surface area contributed by atoms with Crippen LogP contribution in [0.3, 0.4) is 0 Å². The Morgan fingerprint density at radius 1 is 0.826 bits per heavy atom. The molecule has 0 saturated carbocycles. The van der Waals surface area contributed by atoms with Crippen LogP contribution < -0.4 is 9.47 Å². The van der Waals surface area contributed by atoms with Crippen molar-refractivity contribution in [3.05, 3.63) is 58.7 Å². The molecule has 122 valence electrons. The monoisotopic (exact) mass is 322 g/mol. The van der Waals surface area contributed by atoms with Gasteiger partial charge >= 0.3 is 6.18 Å². The van der Waals surface area contributed by atoms with Crippen LogP contribution in [-0.2, 0) is 6.18 Å². The van der Waals surface area contributed by atoms with Crippen molar-refractivity contribution in [1.82, 2.24) is 0 Å². The largest absolute Gasteiger partial charge is 0.496 e. The van der Waals surface area contributed by atoms with Crippen molar-refractivity contribution in [1.29, 1.82) is 0 Å². The third-order valence-electron chi connectivity index (χ3n) is 3.48. The molecule has 0 aliphatic rings. The Bertz CT molecular complexity index is 676. The fourth-order valence-corrected chi connectivity index (χ4v) is 2.18. The number of hydrogen-bond acceptors (Lipinski definition) is 2. The van der Waals surface area contributed by atoms with Gasteiger partial charge in [0.2, 0.25) is 0 Å². The molecule has 0 amide bonds. The van der Waals surface area contributed by atoms with Crippen molar-refractivity contribution in [2.45, 2.75) is 13.1 Å². The maximum Gasteiger partial charge on any atom is 0.416 e. The van der Waals surface area contributed by atoms with Gasteiger partial charge in [-0.3, -0.25) is 0 Å². The van der Waals surface area contributed by atoms with E-state index < -0.39 is 11.7 Å². The molecule has 0 N–H and O–H groups in total. The zero-order chi connectivity index (χ0) is 17.0. The number of hydrogen-bond donors (Lipinski definition) is 0. The lowest BCUT2D eigenvalue weighted by atomic mass is 10.1. The maximum absolute atomic E-state index is 12.5. The number of halogens is 3. The topological polar surface area (TPSA) is 18.5 Å². The summed E-state index contributed by atoms with van der Waals surface area (Å²) in [5.41, 5.74) is 1.75. The summed E-state index contributed by atoms with van der Waals surface area (Å²) >= 11 is 0. The number of ether oxygens (including phenoxy) is 2. The third kappa shape index (κ3) is 4.06. The highest BCUT2D eigenvalue weighted by molar-refractivity contribution is 5.71. The predicted octanol–water partition coefficient (Wildman–Crippen LogP) is 5.20. The van der Waals surface area contributed by atoms with Gasteiger partial charge in [0.15, 0.2) is 0 Å². The van der Waals surface area contributed by atoms with E-state index in [-0.39, 0.29) is 0 Å². The molecule has 0 bridgehead atoms. The summed E-state index contributed by atoms with van der Waals surface area (Å²) in [5.74, 6) is 1.38. The summed E-state index contributed by atoms with van der Waals surface area (Å²) in [4.78, 5) is 0. The third-order valence-corrected chi connectivity index (χ3v) is 3.48. The van der Waals surface area contributed by atoms with Gasteiger partial charge in [0.05, 0.1) is 19.8 Å². The molecule has 0 heterocycles. The van der Waals surface area contributed by atoms with Crippen LogP contribution in [0, 0.1) is 6.92 Å². The molecule has 2 aromatic rings. The molecule has 0 aliphatic carbocycles. The van der Waals surface area contributed by atoms with Crippen molar-refractivity contribution in [3.63, 3.8) is 0 Å². The normalized spacial score (nSPS) is 11.7. The first-order valence-corrected chi connectivity index (χ1v) is 6.93. The van der Waals surface area contributed by atoms with Gasteiger partial charge in [-0.05, 0) is 42.3 Å². The minimum absolute atomic E-state index is 0.659. The second-order valence-corrected chi connectivity index (χ2v) is 5.00. The molecular formula is C18H17F3O2. The molecule has 0 unspecified atom stereocenters. The first-order valence-electron chi connectivity index (χ1n) is 6.93. The standard InChI is InChI=1S/C18H17F3O2/c1-12-16(22-2)10-14(11-17(12)23-3)5-4-13-6-8-15(9-7-13)18(19,20)21/h4-11H,1-3H3/b5-4-. The predicted molar refractivity (Wildman–Crippen MR) is 84.7 cm³/mol. The number of benzene rings is 2. The molecule has 2 aromatic carbocycles. The Morgan fingerprint density at radius 3 is 1.74 bits per heavy atom. The van der Waals surface area contributed by atoms with Crippen LogP contribution in [0.25, 0.3) is 12.2 Å². The second kappa shape index (κ2) is 6.77. The van der Waals surface area contributed by atoms with E-state index in [0.717, 1.165) is 23.3 Å². The minimum atomic E-state index is -4.32. The average Bonchev–Trinajstić information content (AvgIpc) is 2.53. The molecule has 5 heteroatoms. The van der Waals surface area contributed by atoms with Gasteiger partial charge in [-0.2, -0.15) is 13.2 Å². The first kappa shape index (κ1) is 16.9. The summed E-state index contributed by atoms with van der Waals surface area (Å²) in [5, 5.41) is 0. The summed E-state index contributed by atoms with van der Waals surface area (Å²) in [6, 6.07) is 8.69. The molecule has 2 nitrogen and oxygen atoms in total. The highest BCUT2D eigenvalue weighted by atomic mass is 19.4. The Kier molecular flexibility index (Phi) is 4.98. The maximum atomic E-state index is 12.5. The fraction of sp³-hybridized carbons (Fsp3) is 0.222.